The number of nitrogens with two attached hydrogens (primary N) is 1. The van der Waals surface area contributed by atoms with E-state index in [9.17, 15) is 0 Å². The van der Waals surface area contributed by atoms with E-state index in [2.05, 4.69) is 32.0 Å². The summed E-state index contributed by atoms with van der Waals surface area (Å²) in [5.74, 6) is 0.482. The molecule has 2 N–H and O–H groups in total. The molecular weight excluding hydrogens is 198 g/mol. The summed E-state index contributed by atoms with van der Waals surface area (Å²) in [6.07, 6.45) is 2.54. The Morgan fingerprint density at radius 3 is 2.81 bits per heavy atom. The highest BCUT2D eigenvalue weighted by molar-refractivity contribution is 5.31. The van der Waals surface area contributed by atoms with Crippen molar-refractivity contribution in [3.63, 3.8) is 0 Å². The van der Waals surface area contributed by atoms with Crippen LogP contribution in [0, 0.1) is 19.8 Å². The summed E-state index contributed by atoms with van der Waals surface area (Å²) in [6.45, 7) is 5.88. The number of rotatable bonds is 2. The molecule has 2 unspecified atom stereocenters. The second kappa shape index (κ2) is 4.98. The maximum atomic E-state index is 5.88. The molecule has 0 aromatic heterocycles. The Hall–Kier alpha value is -0.860. The van der Waals surface area contributed by atoms with Crippen LogP contribution in [0.5, 0.6) is 0 Å². The summed E-state index contributed by atoms with van der Waals surface area (Å²) < 4.78 is 5.88. The first-order chi connectivity index (χ1) is 7.72. The van der Waals surface area contributed by atoms with Crippen LogP contribution in [0.2, 0.25) is 0 Å². The van der Waals surface area contributed by atoms with E-state index in [-0.39, 0.29) is 6.10 Å². The Kier molecular flexibility index (Phi) is 3.62. The Morgan fingerprint density at radius 2 is 2.12 bits per heavy atom. The molecule has 16 heavy (non-hydrogen) atoms. The molecule has 1 fully saturated rings. The molecule has 2 heteroatoms. The molecule has 0 aliphatic carbocycles. The maximum absolute atomic E-state index is 5.88. The van der Waals surface area contributed by atoms with Crippen molar-refractivity contribution in [1.29, 1.82) is 0 Å². The average molecular weight is 219 g/mol. The summed E-state index contributed by atoms with van der Waals surface area (Å²) in [4.78, 5) is 0. The smallest absolute Gasteiger partial charge is 0.0865 e. The normalized spacial score (nSPS) is 25.7. The first-order valence-corrected chi connectivity index (χ1v) is 6.11. The van der Waals surface area contributed by atoms with E-state index in [4.69, 9.17) is 10.5 Å². The van der Waals surface area contributed by atoms with Gasteiger partial charge in [0, 0.05) is 12.5 Å². The van der Waals surface area contributed by atoms with Gasteiger partial charge in [-0.15, -0.1) is 0 Å². The number of hydrogen-bond acceptors (Lipinski definition) is 2. The number of aryl methyl sites for hydroxylation is 2. The molecule has 0 radical (unpaired) electrons. The van der Waals surface area contributed by atoms with Crippen molar-refractivity contribution in [1.82, 2.24) is 0 Å². The van der Waals surface area contributed by atoms with Crippen LogP contribution < -0.4 is 5.73 Å². The maximum Gasteiger partial charge on any atom is 0.0865 e. The molecule has 1 aliphatic rings. The molecule has 2 atom stereocenters. The van der Waals surface area contributed by atoms with Gasteiger partial charge in [0.15, 0.2) is 0 Å². The lowest BCUT2D eigenvalue weighted by Crippen LogP contribution is -2.28. The third-order valence-corrected chi connectivity index (χ3v) is 3.61. The lowest BCUT2D eigenvalue weighted by molar-refractivity contribution is -0.0251. The summed E-state index contributed by atoms with van der Waals surface area (Å²) >= 11 is 0. The van der Waals surface area contributed by atoms with E-state index in [1.165, 1.54) is 23.1 Å². The largest absolute Gasteiger partial charge is 0.373 e. The monoisotopic (exact) mass is 219 g/mol. The third-order valence-electron chi connectivity index (χ3n) is 3.61. The minimum atomic E-state index is 0.207. The van der Waals surface area contributed by atoms with Gasteiger partial charge < -0.3 is 10.5 Å². The zero-order valence-electron chi connectivity index (χ0n) is 10.2. The Morgan fingerprint density at radius 1 is 1.31 bits per heavy atom. The molecule has 1 heterocycles. The molecular formula is C14H21NO. The second-order valence-electron chi connectivity index (χ2n) is 4.77. The zero-order chi connectivity index (χ0) is 11.5. The Labute approximate surface area is 97.8 Å². The van der Waals surface area contributed by atoms with Gasteiger partial charge in [0.25, 0.3) is 0 Å². The first-order valence-electron chi connectivity index (χ1n) is 6.11. The standard InChI is InChI=1S/C14H21NO/c1-10-5-6-12(8-11(10)2)14-13(9-15)4-3-7-16-14/h5-6,8,13-14H,3-4,7,9,15H2,1-2H3. The average Bonchev–Trinajstić information content (AvgIpc) is 2.32. The molecule has 0 amide bonds. The van der Waals surface area contributed by atoms with Gasteiger partial charge in [-0.3, -0.25) is 0 Å². The highest BCUT2D eigenvalue weighted by atomic mass is 16.5. The lowest BCUT2D eigenvalue weighted by Gasteiger charge is -2.31. The molecule has 0 spiro atoms. The number of benzene rings is 1. The van der Waals surface area contributed by atoms with E-state index < -0.39 is 0 Å². The van der Waals surface area contributed by atoms with E-state index in [1.54, 1.807) is 0 Å². The third kappa shape index (κ3) is 2.28. The SMILES string of the molecule is Cc1ccc(C2OCCCC2CN)cc1C. The highest BCUT2D eigenvalue weighted by Crippen LogP contribution is 2.33. The lowest BCUT2D eigenvalue weighted by atomic mass is 9.88. The van der Waals surface area contributed by atoms with Crippen molar-refractivity contribution in [3.8, 4) is 0 Å². The minimum Gasteiger partial charge on any atom is -0.373 e. The fraction of sp³-hybridized carbons (Fsp3) is 0.571. The van der Waals surface area contributed by atoms with Crippen molar-refractivity contribution < 1.29 is 4.74 Å². The molecule has 2 rings (SSSR count). The van der Waals surface area contributed by atoms with E-state index in [1.807, 2.05) is 0 Å². The summed E-state index contributed by atoms with van der Waals surface area (Å²) in [7, 11) is 0. The van der Waals surface area contributed by atoms with Gasteiger partial charge in [-0.25, -0.2) is 0 Å². The second-order valence-corrected chi connectivity index (χ2v) is 4.77. The fourth-order valence-electron chi connectivity index (χ4n) is 2.39. The first kappa shape index (κ1) is 11.6. The molecule has 1 aromatic carbocycles. The van der Waals surface area contributed by atoms with Gasteiger partial charge in [0.2, 0.25) is 0 Å². The van der Waals surface area contributed by atoms with Crippen LogP contribution in [0.1, 0.15) is 35.6 Å². The predicted octanol–water partition coefficient (Wildman–Crippen LogP) is 2.73. The van der Waals surface area contributed by atoms with Crippen LogP contribution in [0.3, 0.4) is 0 Å². The fourth-order valence-corrected chi connectivity index (χ4v) is 2.39. The number of hydrogen-bond donors (Lipinski definition) is 1. The Bertz CT molecular complexity index is 362. The molecule has 88 valence electrons. The van der Waals surface area contributed by atoms with Crippen molar-refractivity contribution in [2.45, 2.75) is 32.8 Å². The van der Waals surface area contributed by atoms with Gasteiger partial charge in [0.1, 0.15) is 0 Å². The van der Waals surface area contributed by atoms with Gasteiger partial charge in [-0.1, -0.05) is 18.2 Å². The number of ether oxygens (including phenoxy) is 1. The van der Waals surface area contributed by atoms with E-state index in [0.717, 1.165) is 19.6 Å². The summed E-state index contributed by atoms with van der Waals surface area (Å²) in [5, 5.41) is 0. The summed E-state index contributed by atoms with van der Waals surface area (Å²) in [6, 6.07) is 6.60. The van der Waals surface area contributed by atoms with Crippen LogP contribution in [0.25, 0.3) is 0 Å². The Balaban J connectivity index is 2.23. The van der Waals surface area contributed by atoms with Gasteiger partial charge in [0.05, 0.1) is 6.10 Å². The quantitative estimate of drug-likeness (QED) is 0.830. The van der Waals surface area contributed by atoms with Crippen LogP contribution >= 0.6 is 0 Å². The van der Waals surface area contributed by atoms with Gasteiger partial charge in [-0.2, -0.15) is 0 Å². The summed E-state index contributed by atoms with van der Waals surface area (Å²) in [5.41, 5.74) is 9.78. The molecule has 0 saturated carbocycles. The van der Waals surface area contributed by atoms with Gasteiger partial charge in [-0.05, 0) is 49.9 Å². The van der Waals surface area contributed by atoms with Crippen LogP contribution in [0.4, 0.5) is 0 Å². The van der Waals surface area contributed by atoms with E-state index in [0.29, 0.717) is 5.92 Å². The zero-order valence-corrected chi connectivity index (χ0v) is 10.2. The predicted molar refractivity (Wildman–Crippen MR) is 66.4 cm³/mol. The van der Waals surface area contributed by atoms with Crippen LogP contribution in [-0.2, 0) is 4.74 Å². The molecule has 1 aromatic rings. The molecule has 2 nitrogen and oxygen atoms in total. The minimum absolute atomic E-state index is 0.207. The molecule has 0 bridgehead atoms. The highest BCUT2D eigenvalue weighted by Gasteiger charge is 2.26. The van der Waals surface area contributed by atoms with Crippen molar-refractivity contribution in [3.05, 3.63) is 34.9 Å². The molecule has 1 aliphatic heterocycles. The van der Waals surface area contributed by atoms with Crippen LogP contribution in [-0.4, -0.2) is 13.2 Å². The van der Waals surface area contributed by atoms with E-state index >= 15 is 0 Å². The van der Waals surface area contributed by atoms with Crippen molar-refractivity contribution >= 4 is 0 Å². The van der Waals surface area contributed by atoms with Gasteiger partial charge >= 0.3 is 0 Å². The van der Waals surface area contributed by atoms with Crippen LogP contribution in [0.15, 0.2) is 18.2 Å². The molecule has 1 saturated heterocycles. The van der Waals surface area contributed by atoms with Crippen molar-refractivity contribution in [2.75, 3.05) is 13.2 Å². The van der Waals surface area contributed by atoms with Crippen molar-refractivity contribution in [2.24, 2.45) is 11.7 Å². The topological polar surface area (TPSA) is 35.2 Å².